The average Bonchev–Trinajstić information content (AvgIpc) is 2.08. The minimum absolute atomic E-state index is 0.0619. The Bertz CT molecular complexity index is 172. The third-order valence-corrected chi connectivity index (χ3v) is 2.57. The van der Waals surface area contributed by atoms with Crippen LogP contribution in [0, 0.1) is 5.92 Å². The number of amides is 1. The number of nitrogens with one attached hydrogen (secondary N) is 1. The number of carbonyl (C=O) groups excluding carboxylic acids is 1. The Hall–Kier alpha value is -0.570. The third-order valence-electron chi connectivity index (χ3n) is 2.57. The van der Waals surface area contributed by atoms with E-state index in [9.17, 15) is 9.90 Å². The first kappa shape index (κ1) is 10.5. The summed E-state index contributed by atoms with van der Waals surface area (Å²) in [5.41, 5.74) is 0. The Balaban J connectivity index is 2.26. The molecule has 0 aromatic heterocycles. The van der Waals surface area contributed by atoms with Crippen molar-refractivity contribution < 1.29 is 9.90 Å². The highest BCUT2D eigenvalue weighted by Crippen LogP contribution is 2.18. The van der Waals surface area contributed by atoms with Crippen LogP contribution in [0.3, 0.4) is 0 Å². The summed E-state index contributed by atoms with van der Waals surface area (Å²) in [6, 6.07) is 0.290. The zero-order valence-electron chi connectivity index (χ0n) is 8.42. The van der Waals surface area contributed by atoms with Crippen LogP contribution in [0.25, 0.3) is 0 Å². The maximum atomic E-state index is 11.3. The fourth-order valence-electron chi connectivity index (χ4n) is 1.59. The molecule has 0 aromatic carbocycles. The first-order valence-corrected chi connectivity index (χ1v) is 5.08. The molecule has 13 heavy (non-hydrogen) atoms. The van der Waals surface area contributed by atoms with E-state index in [1.165, 1.54) is 0 Å². The summed E-state index contributed by atoms with van der Waals surface area (Å²) < 4.78 is 0. The van der Waals surface area contributed by atoms with Crippen LogP contribution in [0.5, 0.6) is 0 Å². The second kappa shape index (κ2) is 4.61. The molecule has 1 aliphatic carbocycles. The number of hydrogen-bond donors (Lipinski definition) is 2. The lowest BCUT2D eigenvalue weighted by Crippen LogP contribution is -2.40. The number of aliphatic hydroxyl groups is 1. The Morgan fingerprint density at radius 3 is 2.31 bits per heavy atom. The molecule has 3 heteroatoms. The van der Waals surface area contributed by atoms with E-state index in [4.69, 9.17) is 0 Å². The van der Waals surface area contributed by atoms with Crippen molar-refractivity contribution in [3.05, 3.63) is 0 Å². The summed E-state index contributed by atoms with van der Waals surface area (Å²) in [5.74, 6) is 0.188. The molecule has 1 amide bonds. The van der Waals surface area contributed by atoms with E-state index in [2.05, 4.69) is 5.32 Å². The van der Waals surface area contributed by atoms with Crippen LogP contribution in [0.4, 0.5) is 0 Å². The SMILES string of the molecule is CC(C)C(=O)NC1CCC(O)CC1. The highest BCUT2D eigenvalue weighted by atomic mass is 16.3. The molecule has 0 saturated heterocycles. The molecule has 1 rings (SSSR count). The Morgan fingerprint density at radius 1 is 1.31 bits per heavy atom. The van der Waals surface area contributed by atoms with Crippen molar-refractivity contribution in [1.82, 2.24) is 5.32 Å². The van der Waals surface area contributed by atoms with E-state index in [1.807, 2.05) is 13.8 Å². The second-order valence-electron chi connectivity index (χ2n) is 4.17. The molecule has 0 aromatic rings. The van der Waals surface area contributed by atoms with Crippen LogP contribution in [0.2, 0.25) is 0 Å². The number of aliphatic hydroxyl groups excluding tert-OH is 1. The summed E-state index contributed by atoms with van der Waals surface area (Å²) in [4.78, 5) is 11.3. The quantitative estimate of drug-likeness (QED) is 0.676. The van der Waals surface area contributed by atoms with Gasteiger partial charge in [-0.25, -0.2) is 0 Å². The minimum Gasteiger partial charge on any atom is -0.393 e. The van der Waals surface area contributed by atoms with E-state index in [-0.39, 0.29) is 17.9 Å². The maximum absolute atomic E-state index is 11.3. The molecule has 0 unspecified atom stereocenters. The topological polar surface area (TPSA) is 49.3 Å². The molecule has 1 saturated carbocycles. The molecule has 0 radical (unpaired) electrons. The zero-order chi connectivity index (χ0) is 9.84. The van der Waals surface area contributed by atoms with Crippen LogP contribution in [0.1, 0.15) is 39.5 Å². The first-order chi connectivity index (χ1) is 6.09. The van der Waals surface area contributed by atoms with Crippen LogP contribution < -0.4 is 5.32 Å². The van der Waals surface area contributed by atoms with Gasteiger partial charge in [0.25, 0.3) is 0 Å². The molecule has 1 aliphatic rings. The highest BCUT2D eigenvalue weighted by Gasteiger charge is 2.21. The number of hydrogen-bond acceptors (Lipinski definition) is 2. The highest BCUT2D eigenvalue weighted by molar-refractivity contribution is 5.78. The van der Waals surface area contributed by atoms with Crippen molar-refractivity contribution >= 4 is 5.91 Å². The molecule has 0 spiro atoms. The molecule has 0 atom stereocenters. The molecule has 0 heterocycles. The summed E-state index contributed by atoms with van der Waals surface area (Å²) in [6.45, 7) is 3.79. The van der Waals surface area contributed by atoms with Crippen molar-refractivity contribution in [3.63, 3.8) is 0 Å². The van der Waals surface area contributed by atoms with Gasteiger partial charge in [0.15, 0.2) is 0 Å². The predicted molar refractivity (Wildman–Crippen MR) is 51.2 cm³/mol. The van der Waals surface area contributed by atoms with Gasteiger partial charge in [0.05, 0.1) is 6.10 Å². The van der Waals surface area contributed by atoms with Gasteiger partial charge in [0.2, 0.25) is 5.91 Å². The van der Waals surface area contributed by atoms with Gasteiger partial charge < -0.3 is 10.4 Å². The average molecular weight is 185 g/mol. The van der Waals surface area contributed by atoms with Gasteiger partial charge in [-0.05, 0) is 25.7 Å². The fourth-order valence-corrected chi connectivity index (χ4v) is 1.59. The van der Waals surface area contributed by atoms with Gasteiger partial charge in [0.1, 0.15) is 0 Å². The van der Waals surface area contributed by atoms with Crippen molar-refractivity contribution in [2.75, 3.05) is 0 Å². The first-order valence-electron chi connectivity index (χ1n) is 5.08. The summed E-state index contributed by atoms with van der Waals surface area (Å²) in [5, 5.41) is 12.2. The second-order valence-corrected chi connectivity index (χ2v) is 4.17. The van der Waals surface area contributed by atoms with Crippen LogP contribution in [-0.4, -0.2) is 23.2 Å². The smallest absolute Gasteiger partial charge is 0.222 e. The van der Waals surface area contributed by atoms with Crippen molar-refractivity contribution in [2.45, 2.75) is 51.7 Å². The van der Waals surface area contributed by atoms with Gasteiger partial charge >= 0.3 is 0 Å². The van der Waals surface area contributed by atoms with E-state index in [1.54, 1.807) is 0 Å². The molecule has 2 N–H and O–H groups in total. The molecule has 1 fully saturated rings. The lowest BCUT2D eigenvalue weighted by atomic mass is 9.93. The fraction of sp³-hybridized carbons (Fsp3) is 0.900. The number of carbonyl (C=O) groups is 1. The van der Waals surface area contributed by atoms with Crippen LogP contribution >= 0.6 is 0 Å². The van der Waals surface area contributed by atoms with E-state index in [0.717, 1.165) is 25.7 Å². The monoisotopic (exact) mass is 185 g/mol. The van der Waals surface area contributed by atoms with Crippen molar-refractivity contribution in [2.24, 2.45) is 5.92 Å². The Labute approximate surface area is 79.5 Å². The van der Waals surface area contributed by atoms with Gasteiger partial charge in [0, 0.05) is 12.0 Å². The van der Waals surface area contributed by atoms with Gasteiger partial charge in [-0.15, -0.1) is 0 Å². The van der Waals surface area contributed by atoms with E-state index >= 15 is 0 Å². The molecule has 0 bridgehead atoms. The van der Waals surface area contributed by atoms with Crippen molar-refractivity contribution in [1.29, 1.82) is 0 Å². The summed E-state index contributed by atoms with van der Waals surface area (Å²) in [6.07, 6.45) is 3.33. The molecular weight excluding hydrogens is 166 g/mol. The lowest BCUT2D eigenvalue weighted by molar-refractivity contribution is -0.125. The molecule has 3 nitrogen and oxygen atoms in total. The normalized spacial score (nSPS) is 28.9. The molecular formula is C10H19NO2. The molecule has 76 valence electrons. The maximum Gasteiger partial charge on any atom is 0.222 e. The van der Waals surface area contributed by atoms with E-state index < -0.39 is 0 Å². The van der Waals surface area contributed by atoms with Gasteiger partial charge in [-0.3, -0.25) is 4.79 Å². The Morgan fingerprint density at radius 2 is 1.85 bits per heavy atom. The lowest BCUT2D eigenvalue weighted by Gasteiger charge is -2.26. The van der Waals surface area contributed by atoms with Crippen LogP contribution in [-0.2, 0) is 4.79 Å². The minimum atomic E-state index is -0.146. The van der Waals surface area contributed by atoms with Crippen LogP contribution in [0.15, 0.2) is 0 Å². The third kappa shape index (κ3) is 3.35. The van der Waals surface area contributed by atoms with Crippen molar-refractivity contribution in [3.8, 4) is 0 Å². The number of rotatable bonds is 2. The Kier molecular flexibility index (Phi) is 3.72. The largest absolute Gasteiger partial charge is 0.393 e. The zero-order valence-corrected chi connectivity index (χ0v) is 8.42. The standard InChI is InChI=1S/C10H19NO2/c1-7(2)10(13)11-8-3-5-9(12)6-4-8/h7-9,12H,3-6H2,1-2H3,(H,11,13). The predicted octanol–water partition coefficient (Wildman–Crippen LogP) is 1.06. The van der Waals surface area contributed by atoms with Gasteiger partial charge in [-0.1, -0.05) is 13.8 Å². The summed E-state index contributed by atoms with van der Waals surface area (Å²) >= 11 is 0. The summed E-state index contributed by atoms with van der Waals surface area (Å²) in [7, 11) is 0. The van der Waals surface area contributed by atoms with E-state index in [0.29, 0.717) is 6.04 Å². The van der Waals surface area contributed by atoms with Gasteiger partial charge in [-0.2, -0.15) is 0 Å². The molecule has 0 aliphatic heterocycles.